The third kappa shape index (κ3) is 6.28. The van der Waals surface area contributed by atoms with Crippen molar-refractivity contribution >= 4 is 45.7 Å². The number of methoxy groups -OCH3 is 1. The zero-order valence-electron chi connectivity index (χ0n) is 16.5. The predicted molar refractivity (Wildman–Crippen MR) is 114 cm³/mol. The maximum atomic E-state index is 12.4. The van der Waals surface area contributed by atoms with Gasteiger partial charge in [0.15, 0.2) is 5.76 Å². The second-order valence-corrected chi connectivity index (χ2v) is 7.36. The van der Waals surface area contributed by atoms with E-state index in [1.165, 1.54) is 13.4 Å². The second kappa shape index (κ2) is 10.2. The van der Waals surface area contributed by atoms with Crippen molar-refractivity contribution in [3.63, 3.8) is 0 Å². The van der Waals surface area contributed by atoms with E-state index in [1.54, 1.807) is 48.5 Å². The molecule has 0 fully saturated rings. The highest BCUT2D eigenvalue weighted by molar-refractivity contribution is 7.18. The Bertz CT molecular complexity index is 1070. The molecule has 0 spiro atoms. The predicted octanol–water partition coefficient (Wildman–Crippen LogP) is 2.68. The van der Waals surface area contributed by atoms with E-state index in [9.17, 15) is 19.2 Å². The van der Waals surface area contributed by atoms with Gasteiger partial charge < -0.3 is 25.1 Å². The first kappa shape index (κ1) is 21.8. The van der Waals surface area contributed by atoms with Crippen molar-refractivity contribution in [3.8, 4) is 0 Å². The lowest BCUT2D eigenvalue weighted by Crippen LogP contribution is -2.31. The summed E-state index contributed by atoms with van der Waals surface area (Å²) in [5.74, 6) is -1.39. The van der Waals surface area contributed by atoms with Gasteiger partial charge in [0.1, 0.15) is 6.54 Å². The van der Waals surface area contributed by atoms with Gasteiger partial charge in [0.2, 0.25) is 5.91 Å². The van der Waals surface area contributed by atoms with Gasteiger partial charge in [0, 0.05) is 5.69 Å². The number of thiophene rings is 1. The van der Waals surface area contributed by atoms with Gasteiger partial charge in [-0.3, -0.25) is 19.2 Å². The first-order valence-electron chi connectivity index (χ1n) is 9.13. The Kier molecular flexibility index (Phi) is 7.17. The molecule has 0 atom stereocenters. The van der Waals surface area contributed by atoms with Crippen LogP contribution in [0.2, 0.25) is 0 Å². The lowest BCUT2D eigenvalue weighted by molar-refractivity contribution is -0.141. The quantitative estimate of drug-likeness (QED) is 0.461. The van der Waals surface area contributed by atoms with Crippen LogP contribution >= 0.6 is 11.3 Å². The molecule has 0 unspecified atom stereocenters. The number of hydrogen-bond donors (Lipinski definition) is 3. The SMILES string of the molecule is COC(=O)CNC(=O)Cc1ccc(NC(=O)c2ccc(NC(=O)c3ccco3)s2)cc1. The zero-order chi connectivity index (χ0) is 22.2. The van der Waals surface area contributed by atoms with Crippen LogP contribution in [0, 0.1) is 0 Å². The third-order valence-electron chi connectivity index (χ3n) is 4.05. The molecule has 0 radical (unpaired) electrons. The van der Waals surface area contributed by atoms with Crippen LogP contribution in [0.15, 0.2) is 59.2 Å². The number of esters is 1. The lowest BCUT2D eigenvalue weighted by atomic mass is 10.1. The molecule has 10 heteroatoms. The van der Waals surface area contributed by atoms with Crippen LogP contribution in [-0.2, 0) is 20.7 Å². The van der Waals surface area contributed by atoms with Gasteiger partial charge in [0.25, 0.3) is 11.8 Å². The summed E-state index contributed by atoms with van der Waals surface area (Å²) in [6.07, 6.45) is 1.50. The first-order chi connectivity index (χ1) is 14.9. The van der Waals surface area contributed by atoms with Gasteiger partial charge in [0.05, 0.1) is 29.7 Å². The molecule has 31 heavy (non-hydrogen) atoms. The molecule has 1 aromatic carbocycles. The van der Waals surface area contributed by atoms with Gasteiger partial charge in [-0.1, -0.05) is 12.1 Å². The van der Waals surface area contributed by atoms with E-state index in [0.29, 0.717) is 15.6 Å². The van der Waals surface area contributed by atoms with Gasteiger partial charge in [-0.05, 0) is 42.0 Å². The summed E-state index contributed by atoms with van der Waals surface area (Å²) >= 11 is 1.13. The largest absolute Gasteiger partial charge is 0.468 e. The molecule has 0 saturated carbocycles. The van der Waals surface area contributed by atoms with Gasteiger partial charge in [-0.15, -0.1) is 11.3 Å². The molecule has 9 nitrogen and oxygen atoms in total. The van der Waals surface area contributed by atoms with Crippen LogP contribution in [0.5, 0.6) is 0 Å². The summed E-state index contributed by atoms with van der Waals surface area (Å²) in [5.41, 5.74) is 1.28. The molecule has 3 rings (SSSR count). The molecule has 2 heterocycles. The molecule has 0 aliphatic heterocycles. The van der Waals surface area contributed by atoms with E-state index in [1.807, 2.05) is 0 Å². The Morgan fingerprint density at radius 1 is 0.968 bits per heavy atom. The fourth-order valence-corrected chi connectivity index (χ4v) is 3.29. The average molecular weight is 441 g/mol. The zero-order valence-corrected chi connectivity index (χ0v) is 17.3. The van der Waals surface area contributed by atoms with E-state index in [4.69, 9.17) is 4.42 Å². The molecule has 0 bridgehead atoms. The minimum absolute atomic E-state index is 0.0921. The van der Waals surface area contributed by atoms with Crippen LogP contribution in [0.3, 0.4) is 0 Å². The Morgan fingerprint density at radius 3 is 2.42 bits per heavy atom. The van der Waals surface area contributed by atoms with Crippen LogP contribution < -0.4 is 16.0 Å². The number of anilines is 2. The Labute approximate surface area is 181 Å². The van der Waals surface area contributed by atoms with E-state index in [2.05, 4.69) is 20.7 Å². The summed E-state index contributed by atoms with van der Waals surface area (Å²) < 4.78 is 9.49. The van der Waals surface area contributed by atoms with Crippen molar-refractivity contribution in [1.29, 1.82) is 0 Å². The number of carbonyl (C=O) groups excluding carboxylic acids is 4. The number of benzene rings is 1. The monoisotopic (exact) mass is 441 g/mol. The van der Waals surface area contributed by atoms with Crippen molar-refractivity contribution in [1.82, 2.24) is 5.32 Å². The topological polar surface area (TPSA) is 127 Å². The average Bonchev–Trinajstić information content (AvgIpc) is 3.46. The maximum absolute atomic E-state index is 12.4. The highest BCUT2D eigenvalue weighted by atomic mass is 32.1. The highest BCUT2D eigenvalue weighted by Gasteiger charge is 2.14. The molecule has 0 aliphatic carbocycles. The van der Waals surface area contributed by atoms with Crippen LogP contribution in [0.1, 0.15) is 25.8 Å². The van der Waals surface area contributed by atoms with Crippen molar-refractivity contribution in [2.75, 3.05) is 24.3 Å². The highest BCUT2D eigenvalue weighted by Crippen LogP contribution is 2.24. The first-order valence-corrected chi connectivity index (χ1v) is 9.95. The summed E-state index contributed by atoms with van der Waals surface area (Å²) in [7, 11) is 1.25. The van der Waals surface area contributed by atoms with Crippen molar-refractivity contribution in [2.45, 2.75) is 6.42 Å². The molecule has 3 amide bonds. The van der Waals surface area contributed by atoms with E-state index < -0.39 is 11.9 Å². The fraction of sp³-hybridized carbons (Fsp3) is 0.143. The van der Waals surface area contributed by atoms with Crippen LogP contribution in [0.4, 0.5) is 10.7 Å². The number of amides is 3. The second-order valence-electron chi connectivity index (χ2n) is 6.28. The number of hydrogen-bond acceptors (Lipinski definition) is 7. The summed E-state index contributed by atoms with van der Waals surface area (Å²) in [4.78, 5) is 47.7. The third-order valence-corrected chi connectivity index (χ3v) is 5.04. The molecule has 3 aromatic rings. The van der Waals surface area contributed by atoms with E-state index >= 15 is 0 Å². The molecular formula is C21H19N3O6S. The maximum Gasteiger partial charge on any atom is 0.325 e. The lowest BCUT2D eigenvalue weighted by Gasteiger charge is -2.06. The van der Waals surface area contributed by atoms with Crippen molar-refractivity contribution in [2.24, 2.45) is 0 Å². The minimum Gasteiger partial charge on any atom is -0.468 e. The fourth-order valence-electron chi connectivity index (χ4n) is 2.50. The van der Waals surface area contributed by atoms with Gasteiger partial charge in [-0.25, -0.2) is 0 Å². The normalized spacial score (nSPS) is 10.2. The van der Waals surface area contributed by atoms with Gasteiger partial charge in [-0.2, -0.15) is 0 Å². The minimum atomic E-state index is -0.524. The van der Waals surface area contributed by atoms with Crippen molar-refractivity contribution in [3.05, 3.63) is 71.0 Å². The number of nitrogens with one attached hydrogen (secondary N) is 3. The van der Waals surface area contributed by atoms with E-state index in [-0.39, 0.29) is 30.5 Å². The molecule has 160 valence electrons. The molecule has 0 aliphatic rings. The molecule has 3 N–H and O–H groups in total. The Hall–Kier alpha value is -3.92. The Morgan fingerprint density at radius 2 is 1.74 bits per heavy atom. The van der Waals surface area contributed by atoms with Gasteiger partial charge >= 0.3 is 5.97 Å². The summed E-state index contributed by atoms with van der Waals surface area (Å²) in [5, 5.41) is 8.40. The van der Waals surface area contributed by atoms with E-state index in [0.717, 1.165) is 16.9 Å². The number of ether oxygens (including phenoxy) is 1. The van der Waals surface area contributed by atoms with Crippen molar-refractivity contribution < 1.29 is 28.3 Å². The van der Waals surface area contributed by atoms with Crippen LogP contribution in [-0.4, -0.2) is 37.3 Å². The van der Waals surface area contributed by atoms with Crippen LogP contribution in [0.25, 0.3) is 0 Å². The number of rotatable bonds is 8. The summed E-state index contributed by atoms with van der Waals surface area (Å²) in [6, 6.07) is 13.2. The number of carbonyl (C=O) groups is 4. The molecule has 0 saturated heterocycles. The molecular weight excluding hydrogens is 422 g/mol. The Balaban J connectivity index is 1.51. The number of furan rings is 1. The standard InChI is InChI=1S/C21H19N3O6S/c1-29-19(26)12-22-17(25)11-13-4-6-14(7-5-13)23-21(28)16-8-9-18(31-16)24-20(27)15-3-2-10-30-15/h2-10H,11-12H2,1H3,(H,22,25)(H,23,28)(H,24,27). The smallest absolute Gasteiger partial charge is 0.325 e. The molecule has 2 aromatic heterocycles. The summed E-state index contributed by atoms with van der Waals surface area (Å²) in [6.45, 7) is -0.186.